The van der Waals surface area contributed by atoms with E-state index in [-0.39, 0.29) is 30.8 Å². The van der Waals surface area contributed by atoms with Gasteiger partial charge in [0.2, 0.25) is 11.8 Å². The van der Waals surface area contributed by atoms with Gasteiger partial charge in [0.25, 0.3) is 0 Å². The van der Waals surface area contributed by atoms with Gasteiger partial charge < -0.3 is 15.3 Å². The second-order valence-corrected chi connectivity index (χ2v) is 4.92. The van der Waals surface area contributed by atoms with Crippen LogP contribution >= 0.6 is 0 Å². The van der Waals surface area contributed by atoms with Gasteiger partial charge in [-0.05, 0) is 19.3 Å². The summed E-state index contributed by atoms with van der Waals surface area (Å²) in [6.07, 6.45) is 3.67. The second-order valence-electron chi connectivity index (χ2n) is 4.92. The van der Waals surface area contributed by atoms with Gasteiger partial charge in [0.1, 0.15) is 0 Å². The number of nitrogens with zero attached hydrogens (tertiary/aromatic N) is 1. The minimum absolute atomic E-state index is 0.00618. The zero-order chi connectivity index (χ0) is 14.3. The average molecular weight is 270 g/mol. The van der Waals surface area contributed by atoms with Crippen molar-refractivity contribution < 1.29 is 19.5 Å². The maximum atomic E-state index is 11.8. The monoisotopic (exact) mass is 270 g/mol. The third-order valence-corrected chi connectivity index (χ3v) is 3.18. The smallest absolute Gasteiger partial charge is 0.305 e. The first-order chi connectivity index (χ1) is 9.02. The van der Waals surface area contributed by atoms with E-state index in [4.69, 9.17) is 5.11 Å². The summed E-state index contributed by atoms with van der Waals surface area (Å²) in [6.45, 7) is 2.59. The van der Waals surface area contributed by atoms with Crippen molar-refractivity contribution in [2.24, 2.45) is 0 Å². The lowest BCUT2D eigenvalue weighted by atomic mass is 10.1. The molecule has 1 aliphatic heterocycles. The van der Waals surface area contributed by atoms with E-state index in [1.165, 1.54) is 0 Å². The summed E-state index contributed by atoms with van der Waals surface area (Å²) in [5.74, 6) is -1.19. The highest BCUT2D eigenvalue weighted by Crippen LogP contribution is 2.10. The van der Waals surface area contributed by atoms with E-state index in [0.717, 1.165) is 19.3 Å². The SMILES string of the molecule is CCCC(CC(=O)O)NC(=O)CN1CCCCC1=O. The predicted molar refractivity (Wildman–Crippen MR) is 69.5 cm³/mol. The number of carboxylic acid groups (broad SMARTS) is 1. The van der Waals surface area contributed by atoms with Gasteiger partial charge in [0.15, 0.2) is 0 Å². The van der Waals surface area contributed by atoms with E-state index in [2.05, 4.69) is 5.32 Å². The number of carbonyl (C=O) groups excluding carboxylic acids is 2. The van der Waals surface area contributed by atoms with Crippen LogP contribution in [0.5, 0.6) is 0 Å². The van der Waals surface area contributed by atoms with Gasteiger partial charge in [-0.15, -0.1) is 0 Å². The van der Waals surface area contributed by atoms with Gasteiger partial charge in [-0.1, -0.05) is 13.3 Å². The number of amides is 2. The van der Waals surface area contributed by atoms with Crippen molar-refractivity contribution in [3.63, 3.8) is 0 Å². The molecule has 0 bridgehead atoms. The largest absolute Gasteiger partial charge is 0.481 e. The minimum atomic E-state index is -0.923. The number of hydrogen-bond donors (Lipinski definition) is 2. The lowest BCUT2D eigenvalue weighted by molar-refractivity contribution is -0.139. The molecule has 1 rings (SSSR count). The van der Waals surface area contributed by atoms with E-state index in [1.54, 1.807) is 4.90 Å². The molecular formula is C13H22N2O4. The van der Waals surface area contributed by atoms with Gasteiger partial charge in [-0.25, -0.2) is 0 Å². The minimum Gasteiger partial charge on any atom is -0.481 e. The number of nitrogens with one attached hydrogen (secondary N) is 1. The maximum absolute atomic E-state index is 11.8. The summed E-state index contributed by atoms with van der Waals surface area (Å²) >= 11 is 0. The Labute approximate surface area is 113 Å². The molecule has 0 spiro atoms. The molecule has 0 aromatic heterocycles. The zero-order valence-electron chi connectivity index (χ0n) is 11.4. The Bertz CT molecular complexity index is 344. The van der Waals surface area contributed by atoms with Crippen molar-refractivity contribution in [1.82, 2.24) is 10.2 Å². The van der Waals surface area contributed by atoms with E-state index in [0.29, 0.717) is 19.4 Å². The lowest BCUT2D eigenvalue weighted by Crippen LogP contribution is -2.46. The van der Waals surface area contributed by atoms with Crippen LogP contribution in [-0.2, 0) is 14.4 Å². The van der Waals surface area contributed by atoms with Crippen LogP contribution in [0.3, 0.4) is 0 Å². The summed E-state index contributed by atoms with van der Waals surface area (Å²) in [6, 6.07) is -0.352. The Morgan fingerprint density at radius 3 is 2.74 bits per heavy atom. The molecule has 1 unspecified atom stereocenters. The fourth-order valence-corrected chi connectivity index (χ4v) is 2.26. The van der Waals surface area contributed by atoms with Gasteiger partial charge >= 0.3 is 5.97 Å². The van der Waals surface area contributed by atoms with Gasteiger partial charge in [0.05, 0.1) is 13.0 Å². The van der Waals surface area contributed by atoms with Crippen LogP contribution in [-0.4, -0.2) is 46.9 Å². The highest BCUT2D eigenvalue weighted by atomic mass is 16.4. The molecule has 0 saturated carbocycles. The van der Waals surface area contributed by atoms with Crippen LogP contribution in [0.4, 0.5) is 0 Å². The van der Waals surface area contributed by atoms with Crippen LogP contribution in [0.15, 0.2) is 0 Å². The van der Waals surface area contributed by atoms with Crippen LogP contribution in [0.2, 0.25) is 0 Å². The molecule has 6 nitrogen and oxygen atoms in total. The highest BCUT2D eigenvalue weighted by molar-refractivity contribution is 5.85. The van der Waals surface area contributed by atoms with Crippen LogP contribution in [0.25, 0.3) is 0 Å². The van der Waals surface area contributed by atoms with E-state index in [9.17, 15) is 14.4 Å². The number of carboxylic acids is 1. The van der Waals surface area contributed by atoms with Crippen LogP contribution < -0.4 is 5.32 Å². The Morgan fingerprint density at radius 1 is 1.42 bits per heavy atom. The summed E-state index contributed by atoms with van der Waals surface area (Å²) < 4.78 is 0. The number of carbonyl (C=O) groups is 3. The molecule has 2 amide bonds. The Hall–Kier alpha value is -1.59. The second kappa shape index (κ2) is 7.76. The molecule has 1 fully saturated rings. The average Bonchev–Trinajstić information content (AvgIpc) is 2.31. The molecule has 0 aromatic rings. The number of aliphatic carboxylic acids is 1. The molecule has 108 valence electrons. The topological polar surface area (TPSA) is 86.7 Å². The maximum Gasteiger partial charge on any atom is 0.305 e. The third kappa shape index (κ3) is 5.72. The molecule has 0 radical (unpaired) electrons. The standard InChI is InChI=1S/C13H22N2O4/c1-2-5-10(8-13(18)19)14-11(16)9-15-7-4-3-6-12(15)17/h10H,2-9H2,1H3,(H,14,16)(H,18,19). The van der Waals surface area contributed by atoms with Crippen LogP contribution in [0.1, 0.15) is 45.4 Å². The molecule has 1 atom stereocenters. The Kier molecular flexibility index (Phi) is 6.32. The zero-order valence-corrected chi connectivity index (χ0v) is 11.4. The number of hydrogen-bond acceptors (Lipinski definition) is 3. The van der Waals surface area contributed by atoms with Gasteiger partial charge in [-0.3, -0.25) is 14.4 Å². The molecule has 0 aromatic carbocycles. The molecule has 1 saturated heterocycles. The molecule has 19 heavy (non-hydrogen) atoms. The first-order valence-electron chi connectivity index (χ1n) is 6.81. The van der Waals surface area contributed by atoms with Crippen molar-refractivity contribution in [2.75, 3.05) is 13.1 Å². The Morgan fingerprint density at radius 2 is 2.16 bits per heavy atom. The number of likely N-dealkylation sites (tertiary alicyclic amines) is 1. The van der Waals surface area contributed by atoms with E-state index >= 15 is 0 Å². The Balaban J connectivity index is 2.42. The highest BCUT2D eigenvalue weighted by Gasteiger charge is 2.22. The number of piperidine rings is 1. The predicted octanol–water partition coefficient (Wildman–Crippen LogP) is 0.758. The lowest BCUT2D eigenvalue weighted by Gasteiger charge is -2.27. The first kappa shape index (κ1) is 15.5. The van der Waals surface area contributed by atoms with Crippen molar-refractivity contribution in [2.45, 2.75) is 51.5 Å². The molecule has 1 aliphatic rings. The van der Waals surface area contributed by atoms with Crippen LogP contribution in [0, 0.1) is 0 Å². The van der Waals surface area contributed by atoms with E-state index < -0.39 is 5.97 Å². The summed E-state index contributed by atoms with van der Waals surface area (Å²) in [5.41, 5.74) is 0. The fourth-order valence-electron chi connectivity index (χ4n) is 2.26. The van der Waals surface area contributed by atoms with Crippen molar-refractivity contribution in [3.8, 4) is 0 Å². The van der Waals surface area contributed by atoms with Crippen molar-refractivity contribution in [1.29, 1.82) is 0 Å². The molecule has 0 aliphatic carbocycles. The van der Waals surface area contributed by atoms with E-state index in [1.807, 2.05) is 6.92 Å². The van der Waals surface area contributed by atoms with Gasteiger partial charge in [0, 0.05) is 19.0 Å². The molecular weight excluding hydrogens is 248 g/mol. The molecule has 2 N–H and O–H groups in total. The van der Waals surface area contributed by atoms with Gasteiger partial charge in [-0.2, -0.15) is 0 Å². The van der Waals surface area contributed by atoms with Crippen molar-refractivity contribution in [3.05, 3.63) is 0 Å². The molecule has 1 heterocycles. The first-order valence-corrected chi connectivity index (χ1v) is 6.81. The third-order valence-electron chi connectivity index (χ3n) is 3.18. The molecule has 6 heteroatoms. The fraction of sp³-hybridized carbons (Fsp3) is 0.769. The quantitative estimate of drug-likeness (QED) is 0.715. The summed E-state index contributed by atoms with van der Waals surface area (Å²) in [5, 5.41) is 11.5. The van der Waals surface area contributed by atoms with Crippen molar-refractivity contribution >= 4 is 17.8 Å². The number of rotatable bonds is 7. The summed E-state index contributed by atoms with van der Waals surface area (Å²) in [4.78, 5) is 35.6. The summed E-state index contributed by atoms with van der Waals surface area (Å²) in [7, 11) is 0. The normalized spacial score (nSPS) is 17.1.